The fourth-order valence-corrected chi connectivity index (χ4v) is 3.83. The summed E-state index contributed by atoms with van der Waals surface area (Å²) in [5, 5.41) is 3.43. The lowest BCUT2D eigenvalue weighted by atomic mass is 10.0. The van der Waals surface area contributed by atoms with Gasteiger partial charge < -0.3 is 10.1 Å². The number of ether oxygens (including phenoxy) is 1. The number of nitrogens with one attached hydrogen (secondary N) is 1. The van der Waals surface area contributed by atoms with Gasteiger partial charge in [0.15, 0.2) is 0 Å². The van der Waals surface area contributed by atoms with Crippen LogP contribution in [0.1, 0.15) is 13.8 Å². The Kier molecular flexibility index (Phi) is 5.51. The predicted octanol–water partition coefficient (Wildman–Crippen LogP) is -0.0674. The molecular weight excluding hydrogens is 264 g/mol. The van der Waals surface area contributed by atoms with Crippen molar-refractivity contribution in [1.29, 1.82) is 0 Å². The average molecular weight is 296 g/mol. The smallest absolute Gasteiger partial charge is 0.0829 e. The first-order valence-corrected chi connectivity index (χ1v) is 8.72. The zero-order chi connectivity index (χ0) is 14.7. The summed E-state index contributed by atoms with van der Waals surface area (Å²) in [5.41, 5.74) is 0. The standard InChI is InChI=1S/C16H32N4O/c1-14(2)9-18-7-8-21-16(12-18)13-19-10-15(11-19)20-5-3-17-4-6-20/h14-17H,3-13H2,1-2H3. The minimum atomic E-state index is 0.418. The molecule has 3 saturated heterocycles. The lowest BCUT2D eigenvalue weighted by Crippen LogP contribution is -2.64. The van der Waals surface area contributed by atoms with Gasteiger partial charge in [0.25, 0.3) is 0 Å². The lowest BCUT2D eigenvalue weighted by Gasteiger charge is -2.48. The van der Waals surface area contributed by atoms with Crippen LogP contribution in [0.2, 0.25) is 0 Å². The van der Waals surface area contributed by atoms with E-state index in [1.54, 1.807) is 0 Å². The van der Waals surface area contributed by atoms with Crippen molar-refractivity contribution in [2.45, 2.75) is 26.0 Å². The Morgan fingerprint density at radius 1 is 1.05 bits per heavy atom. The van der Waals surface area contributed by atoms with E-state index in [9.17, 15) is 0 Å². The van der Waals surface area contributed by atoms with E-state index >= 15 is 0 Å². The summed E-state index contributed by atoms with van der Waals surface area (Å²) in [6.45, 7) is 17.3. The van der Waals surface area contributed by atoms with Gasteiger partial charge in [-0.05, 0) is 5.92 Å². The van der Waals surface area contributed by atoms with E-state index in [2.05, 4.69) is 33.9 Å². The van der Waals surface area contributed by atoms with Crippen molar-refractivity contribution in [2.24, 2.45) is 5.92 Å². The molecule has 5 nitrogen and oxygen atoms in total. The first-order chi connectivity index (χ1) is 10.2. The molecule has 122 valence electrons. The highest BCUT2D eigenvalue weighted by Gasteiger charge is 2.34. The fourth-order valence-electron chi connectivity index (χ4n) is 3.83. The van der Waals surface area contributed by atoms with Crippen LogP contribution in [-0.4, -0.2) is 98.9 Å². The molecule has 0 aromatic carbocycles. The minimum Gasteiger partial charge on any atom is -0.374 e. The molecule has 0 bridgehead atoms. The second kappa shape index (κ2) is 7.38. The molecule has 0 saturated carbocycles. The van der Waals surface area contributed by atoms with Gasteiger partial charge in [-0.1, -0.05) is 13.8 Å². The Hall–Kier alpha value is -0.200. The molecule has 3 aliphatic heterocycles. The van der Waals surface area contributed by atoms with Crippen LogP contribution in [0.5, 0.6) is 0 Å². The van der Waals surface area contributed by atoms with Crippen molar-refractivity contribution in [2.75, 3.05) is 72.1 Å². The van der Waals surface area contributed by atoms with Gasteiger partial charge in [0.05, 0.1) is 12.7 Å². The van der Waals surface area contributed by atoms with E-state index < -0.39 is 0 Å². The Morgan fingerprint density at radius 2 is 1.81 bits per heavy atom. The van der Waals surface area contributed by atoms with Crippen LogP contribution < -0.4 is 5.32 Å². The van der Waals surface area contributed by atoms with Crippen molar-refractivity contribution >= 4 is 0 Å². The van der Waals surface area contributed by atoms with Gasteiger partial charge in [-0.25, -0.2) is 0 Å². The Bertz CT molecular complexity index is 313. The molecule has 0 aromatic heterocycles. The molecule has 5 heteroatoms. The summed E-state index contributed by atoms with van der Waals surface area (Å²) >= 11 is 0. The van der Waals surface area contributed by atoms with Gasteiger partial charge in [-0.15, -0.1) is 0 Å². The maximum absolute atomic E-state index is 5.97. The SMILES string of the molecule is CC(C)CN1CCOC(CN2CC(N3CCNCC3)C2)C1. The van der Waals surface area contributed by atoms with Crippen LogP contribution in [0.3, 0.4) is 0 Å². The van der Waals surface area contributed by atoms with E-state index in [0.29, 0.717) is 6.10 Å². The van der Waals surface area contributed by atoms with Crippen LogP contribution in [-0.2, 0) is 4.74 Å². The Morgan fingerprint density at radius 3 is 2.52 bits per heavy atom. The van der Waals surface area contributed by atoms with Gasteiger partial charge in [-0.2, -0.15) is 0 Å². The van der Waals surface area contributed by atoms with E-state index in [1.165, 1.54) is 32.7 Å². The fraction of sp³-hybridized carbons (Fsp3) is 1.00. The highest BCUT2D eigenvalue weighted by molar-refractivity contribution is 4.91. The van der Waals surface area contributed by atoms with Crippen LogP contribution in [0.4, 0.5) is 0 Å². The highest BCUT2D eigenvalue weighted by Crippen LogP contribution is 2.18. The third-order valence-electron chi connectivity index (χ3n) is 4.91. The number of likely N-dealkylation sites (tertiary alicyclic amines) is 1. The third-order valence-corrected chi connectivity index (χ3v) is 4.91. The second-order valence-corrected chi connectivity index (χ2v) is 7.30. The molecule has 1 N–H and O–H groups in total. The normalized spacial score (nSPS) is 30.7. The van der Waals surface area contributed by atoms with Gasteiger partial charge in [0, 0.05) is 71.5 Å². The summed E-state index contributed by atoms with van der Waals surface area (Å²) in [4.78, 5) is 7.81. The van der Waals surface area contributed by atoms with E-state index in [0.717, 1.165) is 51.3 Å². The predicted molar refractivity (Wildman–Crippen MR) is 85.7 cm³/mol. The first kappa shape index (κ1) is 15.7. The first-order valence-electron chi connectivity index (χ1n) is 8.72. The van der Waals surface area contributed by atoms with Gasteiger partial charge >= 0.3 is 0 Å². The third kappa shape index (κ3) is 4.39. The van der Waals surface area contributed by atoms with Crippen molar-refractivity contribution < 1.29 is 4.74 Å². The quantitative estimate of drug-likeness (QED) is 0.768. The van der Waals surface area contributed by atoms with Crippen molar-refractivity contribution in [1.82, 2.24) is 20.0 Å². The Labute approximate surface area is 129 Å². The number of rotatable bonds is 5. The molecular formula is C16H32N4O. The largest absolute Gasteiger partial charge is 0.374 e. The summed E-state index contributed by atoms with van der Waals surface area (Å²) < 4.78 is 5.97. The van der Waals surface area contributed by atoms with Crippen LogP contribution in [0.15, 0.2) is 0 Å². The topological polar surface area (TPSA) is 31.0 Å². The molecule has 3 fully saturated rings. The number of hydrogen-bond donors (Lipinski definition) is 1. The maximum Gasteiger partial charge on any atom is 0.0829 e. The van der Waals surface area contributed by atoms with E-state index in [4.69, 9.17) is 4.74 Å². The molecule has 0 amide bonds. The average Bonchev–Trinajstić information content (AvgIpc) is 2.43. The molecule has 21 heavy (non-hydrogen) atoms. The summed E-state index contributed by atoms with van der Waals surface area (Å²) in [5.74, 6) is 0.754. The maximum atomic E-state index is 5.97. The molecule has 0 spiro atoms. The van der Waals surface area contributed by atoms with Crippen molar-refractivity contribution in [3.05, 3.63) is 0 Å². The highest BCUT2D eigenvalue weighted by atomic mass is 16.5. The van der Waals surface area contributed by atoms with Crippen molar-refractivity contribution in [3.63, 3.8) is 0 Å². The lowest BCUT2D eigenvalue weighted by molar-refractivity contribution is -0.0678. The van der Waals surface area contributed by atoms with Crippen LogP contribution in [0, 0.1) is 5.92 Å². The molecule has 1 atom stereocenters. The summed E-state index contributed by atoms with van der Waals surface area (Å²) in [6.07, 6.45) is 0.418. The number of piperazine rings is 1. The number of nitrogens with zero attached hydrogens (tertiary/aromatic N) is 3. The van der Waals surface area contributed by atoms with E-state index in [-0.39, 0.29) is 0 Å². The molecule has 3 aliphatic rings. The zero-order valence-corrected chi connectivity index (χ0v) is 13.8. The van der Waals surface area contributed by atoms with Gasteiger partial charge in [0.2, 0.25) is 0 Å². The molecule has 0 radical (unpaired) electrons. The number of morpholine rings is 1. The molecule has 0 aliphatic carbocycles. The van der Waals surface area contributed by atoms with Crippen LogP contribution in [0.25, 0.3) is 0 Å². The monoisotopic (exact) mass is 296 g/mol. The summed E-state index contributed by atoms with van der Waals surface area (Å²) in [6, 6.07) is 0.794. The van der Waals surface area contributed by atoms with Gasteiger partial charge in [-0.3, -0.25) is 14.7 Å². The summed E-state index contributed by atoms with van der Waals surface area (Å²) in [7, 11) is 0. The van der Waals surface area contributed by atoms with Gasteiger partial charge in [0.1, 0.15) is 0 Å². The molecule has 0 aromatic rings. The molecule has 1 unspecified atom stereocenters. The van der Waals surface area contributed by atoms with E-state index in [1.807, 2.05) is 0 Å². The minimum absolute atomic E-state index is 0.418. The molecule has 3 rings (SSSR count). The Balaban J connectivity index is 1.36. The molecule has 3 heterocycles. The number of hydrogen-bond acceptors (Lipinski definition) is 5. The van der Waals surface area contributed by atoms with Crippen LogP contribution >= 0.6 is 0 Å². The zero-order valence-electron chi connectivity index (χ0n) is 13.8. The van der Waals surface area contributed by atoms with Crippen molar-refractivity contribution in [3.8, 4) is 0 Å². The second-order valence-electron chi connectivity index (χ2n) is 7.30.